The van der Waals surface area contributed by atoms with Crippen LogP contribution in [0.1, 0.15) is 35.6 Å². The third-order valence-electron chi connectivity index (χ3n) is 5.03. The van der Waals surface area contributed by atoms with E-state index in [0.29, 0.717) is 18.7 Å². The number of carbonyl (C=O) groups is 2. The van der Waals surface area contributed by atoms with Gasteiger partial charge in [-0.15, -0.1) is 0 Å². The molecule has 2 amide bonds. The van der Waals surface area contributed by atoms with Crippen LogP contribution in [0.5, 0.6) is 5.75 Å². The fourth-order valence-electron chi connectivity index (χ4n) is 3.62. The molecular formula is C21H24N2O5. The van der Waals surface area contributed by atoms with Crippen LogP contribution in [0.4, 0.5) is 0 Å². The number of carbonyl (C=O) groups excluding carboxylic acids is 2. The molecule has 0 bridgehead atoms. The molecule has 2 aromatic rings. The molecule has 0 aromatic heterocycles. The fraction of sp³-hybridized carbons (Fsp3) is 0.333. The number of aliphatic hydroxyl groups is 1. The van der Waals surface area contributed by atoms with Crippen LogP contribution in [-0.4, -0.2) is 40.2 Å². The third kappa shape index (κ3) is 4.32. The van der Waals surface area contributed by atoms with Crippen molar-refractivity contribution in [3.05, 3.63) is 65.2 Å². The molecule has 3 rings (SSSR count). The standard InChI is InChI=1S/C21H24N2O5/c1-28-16-8-6-14(7-9-16)13-23(20(26)11-10-19(25)22-27)21-17-5-3-2-4-15(17)12-18(21)24/h2-9,18,21,24,27H,10-13H2,1H3,(H,22,25)/t18-,21+/m1/s1. The lowest BCUT2D eigenvalue weighted by Crippen LogP contribution is -2.39. The minimum absolute atomic E-state index is 0.0616. The average molecular weight is 384 g/mol. The zero-order valence-electron chi connectivity index (χ0n) is 15.7. The zero-order chi connectivity index (χ0) is 20.1. The van der Waals surface area contributed by atoms with Crippen molar-refractivity contribution in [2.75, 3.05) is 7.11 Å². The number of benzene rings is 2. The van der Waals surface area contributed by atoms with Gasteiger partial charge in [0.1, 0.15) is 5.75 Å². The van der Waals surface area contributed by atoms with Gasteiger partial charge >= 0.3 is 0 Å². The minimum Gasteiger partial charge on any atom is -0.497 e. The summed E-state index contributed by atoms with van der Waals surface area (Å²) >= 11 is 0. The number of hydroxylamine groups is 1. The number of rotatable bonds is 7. The molecule has 0 fully saturated rings. The summed E-state index contributed by atoms with van der Waals surface area (Å²) in [7, 11) is 1.59. The average Bonchev–Trinajstić information content (AvgIpc) is 3.05. The Balaban J connectivity index is 1.87. The number of hydrogen-bond donors (Lipinski definition) is 3. The van der Waals surface area contributed by atoms with Crippen molar-refractivity contribution in [1.29, 1.82) is 0 Å². The fourth-order valence-corrected chi connectivity index (χ4v) is 3.62. The summed E-state index contributed by atoms with van der Waals surface area (Å²) in [5, 5.41) is 19.4. The van der Waals surface area contributed by atoms with E-state index in [2.05, 4.69) is 0 Å². The van der Waals surface area contributed by atoms with Gasteiger partial charge in [0.15, 0.2) is 0 Å². The van der Waals surface area contributed by atoms with Crippen LogP contribution in [0.3, 0.4) is 0 Å². The maximum atomic E-state index is 13.0. The molecule has 7 nitrogen and oxygen atoms in total. The molecule has 0 spiro atoms. The Labute approximate surface area is 163 Å². The van der Waals surface area contributed by atoms with Crippen LogP contribution in [0.2, 0.25) is 0 Å². The van der Waals surface area contributed by atoms with Crippen LogP contribution in [0.25, 0.3) is 0 Å². The molecular weight excluding hydrogens is 360 g/mol. The van der Waals surface area contributed by atoms with Crippen molar-refractivity contribution in [3.8, 4) is 5.75 Å². The molecule has 0 radical (unpaired) electrons. The van der Waals surface area contributed by atoms with Crippen molar-refractivity contribution in [2.24, 2.45) is 0 Å². The summed E-state index contributed by atoms with van der Waals surface area (Å²) < 4.78 is 5.17. The van der Waals surface area contributed by atoms with Crippen LogP contribution in [-0.2, 0) is 22.6 Å². The van der Waals surface area contributed by atoms with Crippen molar-refractivity contribution in [2.45, 2.75) is 38.0 Å². The van der Waals surface area contributed by atoms with E-state index in [9.17, 15) is 14.7 Å². The maximum Gasteiger partial charge on any atom is 0.243 e. The van der Waals surface area contributed by atoms with Gasteiger partial charge in [-0.1, -0.05) is 36.4 Å². The van der Waals surface area contributed by atoms with Crippen molar-refractivity contribution < 1.29 is 24.6 Å². The summed E-state index contributed by atoms with van der Waals surface area (Å²) in [5.74, 6) is -0.169. The second-order valence-electron chi connectivity index (χ2n) is 6.82. The van der Waals surface area contributed by atoms with Gasteiger partial charge < -0.3 is 14.7 Å². The van der Waals surface area contributed by atoms with Crippen LogP contribution in [0, 0.1) is 0 Å². The van der Waals surface area contributed by atoms with E-state index in [1.807, 2.05) is 48.5 Å². The van der Waals surface area contributed by atoms with Crippen LogP contribution >= 0.6 is 0 Å². The lowest BCUT2D eigenvalue weighted by atomic mass is 10.0. The first-order chi connectivity index (χ1) is 13.5. The molecule has 0 saturated heterocycles. The number of nitrogens with one attached hydrogen (secondary N) is 1. The Morgan fingerprint density at radius 2 is 1.86 bits per heavy atom. The Kier molecular flexibility index (Phi) is 6.28. The SMILES string of the molecule is COc1ccc(CN(C(=O)CCC(=O)NO)[C@H]2c3ccccc3C[C@H]2O)cc1. The third-order valence-corrected chi connectivity index (χ3v) is 5.03. The van der Waals surface area contributed by atoms with E-state index in [0.717, 1.165) is 16.7 Å². The first kappa shape index (κ1) is 19.9. The van der Waals surface area contributed by atoms with E-state index in [1.54, 1.807) is 17.5 Å². The van der Waals surface area contributed by atoms with Crippen LogP contribution in [0.15, 0.2) is 48.5 Å². The lowest BCUT2D eigenvalue weighted by Gasteiger charge is -2.32. The molecule has 0 aliphatic heterocycles. The highest BCUT2D eigenvalue weighted by molar-refractivity contribution is 5.83. The van der Waals surface area contributed by atoms with Crippen LogP contribution < -0.4 is 10.2 Å². The zero-order valence-corrected chi connectivity index (χ0v) is 15.7. The first-order valence-electron chi connectivity index (χ1n) is 9.14. The number of ether oxygens (including phenoxy) is 1. The smallest absolute Gasteiger partial charge is 0.243 e. The second-order valence-corrected chi connectivity index (χ2v) is 6.82. The number of nitrogens with zero attached hydrogens (tertiary/aromatic N) is 1. The topological polar surface area (TPSA) is 99.1 Å². The summed E-state index contributed by atoms with van der Waals surface area (Å²) in [6, 6.07) is 14.6. The Hall–Kier alpha value is -2.90. The van der Waals surface area contributed by atoms with Gasteiger partial charge in [0.05, 0.1) is 19.3 Å². The lowest BCUT2D eigenvalue weighted by molar-refractivity contribution is -0.140. The number of amides is 2. The summed E-state index contributed by atoms with van der Waals surface area (Å²) in [6.07, 6.45) is -0.428. The molecule has 0 unspecified atom stereocenters. The molecule has 28 heavy (non-hydrogen) atoms. The Bertz CT molecular complexity index is 837. The van der Waals surface area contributed by atoms with Gasteiger partial charge in [0, 0.05) is 25.8 Å². The first-order valence-corrected chi connectivity index (χ1v) is 9.14. The largest absolute Gasteiger partial charge is 0.497 e. The molecule has 148 valence electrons. The number of hydrogen-bond acceptors (Lipinski definition) is 5. The van der Waals surface area contributed by atoms with Gasteiger partial charge in [0.25, 0.3) is 0 Å². The van der Waals surface area contributed by atoms with E-state index in [4.69, 9.17) is 9.94 Å². The minimum atomic E-state index is -0.716. The molecule has 3 N–H and O–H groups in total. The van der Waals surface area contributed by atoms with E-state index < -0.39 is 18.1 Å². The molecule has 0 saturated carbocycles. The van der Waals surface area contributed by atoms with E-state index in [-0.39, 0.29) is 18.7 Å². The van der Waals surface area contributed by atoms with E-state index >= 15 is 0 Å². The highest BCUT2D eigenvalue weighted by Crippen LogP contribution is 2.37. The molecule has 7 heteroatoms. The summed E-state index contributed by atoms with van der Waals surface area (Å²) in [4.78, 5) is 25.9. The van der Waals surface area contributed by atoms with Crippen molar-refractivity contribution >= 4 is 11.8 Å². The quantitative estimate of drug-likeness (QED) is 0.501. The molecule has 1 aliphatic rings. The number of fused-ring (bicyclic) bond motifs is 1. The molecule has 2 aromatic carbocycles. The summed E-state index contributed by atoms with van der Waals surface area (Å²) in [6.45, 7) is 0.291. The number of aliphatic hydroxyl groups excluding tert-OH is 1. The predicted octanol–water partition coefficient (Wildman–Crippen LogP) is 1.97. The molecule has 2 atom stereocenters. The number of methoxy groups -OCH3 is 1. The van der Waals surface area contributed by atoms with Gasteiger partial charge in [-0.2, -0.15) is 0 Å². The Morgan fingerprint density at radius 1 is 1.14 bits per heavy atom. The van der Waals surface area contributed by atoms with Gasteiger partial charge in [0.2, 0.25) is 11.8 Å². The Morgan fingerprint density at radius 3 is 2.54 bits per heavy atom. The van der Waals surface area contributed by atoms with Gasteiger partial charge in [-0.3, -0.25) is 14.8 Å². The molecule has 1 aliphatic carbocycles. The predicted molar refractivity (Wildman–Crippen MR) is 102 cm³/mol. The maximum absolute atomic E-state index is 13.0. The second kappa shape index (κ2) is 8.86. The van der Waals surface area contributed by atoms with E-state index in [1.165, 1.54) is 0 Å². The highest BCUT2D eigenvalue weighted by Gasteiger charge is 2.37. The highest BCUT2D eigenvalue weighted by atomic mass is 16.5. The summed E-state index contributed by atoms with van der Waals surface area (Å²) in [5.41, 5.74) is 4.36. The van der Waals surface area contributed by atoms with Crippen molar-refractivity contribution in [3.63, 3.8) is 0 Å². The van der Waals surface area contributed by atoms with Crippen molar-refractivity contribution in [1.82, 2.24) is 10.4 Å². The van der Waals surface area contributed by atoms with Gasteiger partial charge in [-0.25, -0.2) is 5.48 Å². The van der Waals surface area contributed by atoms with Gasteiger partial charge in [-0.05, 0) is 28.8 Å². The monoisotopic (exact) mass is 384 g/mol. The molecule has 0 heterocycles. The normalized spacial score (nSPS) is 17.7.